The van der Waals surface area contributed by atoms with Crippen LogP contribution < -0.4 is 10.2 Å². The van der Waals surface area contributed by atoms with Crippen molar-refractivity contribution in [3.8, 4) is 6.07 Å². The summed E-state index contributed by atoms with van der Waals surface area (Å²) in [6.45, 7) is 2.65. The van der Waals surface area contributed by atoms with Gasteiger partial charge in [-0.25, -0.2) is 13.8 Å². The molecule has 1 amide bonds. The van der Waals surface area contributed by atoms with Crippen LogP contribution >= 0.6 is 0 Å². The van der Waals surface area contributed by atoms with E-state index in [0.29, 0.717) is 26.2 Å². The second kappa shape index (κ2) is 8.45. The minimum atomic E-state index is -0.844. The Morgan fingerprint density at radius 2 is 1.89 bits per heavy atom. The summed E-state index contributed by atoms with van der Waals surface area (Å²) in [6, 6.07) is 9.33. The fourth-order valence-corrected chi connectivity index (χ4v) is 2.98. The topological polar surface area (TPSA) is 72.3 Å². The van der Waals surface area contributed by atoms with Crippen LogP contribution in [0, 0.1) is 23.0 Å². The molecule has 0 saturated carbocycles. The number of anilines is 2. The summed E-state index contributed by atoms with van der Waals surface area (Å²) in [5.74, 6) is -0.874. The van der Waals surface area contributed by atoms with Crippen molar-refractivity contribution >= 4 is 17.4 Å². The van der Waals surface area contributed by atoms with Crippen molar-refractivity contribution in [2.45, 2.75) is 6.42 Å². The first kappa shape index (κ1) is 18.6. The van der Waals surface area contributed by atoms with Crippen molar-refractivity contribution in [1.82, 2.24) is 9.88 Å². The number of carbonyl (C=O) groups is 1. The Bertz CT molecular complexity index is 822. The number of nitrogens with one attached hydrogen (secondary N) is 1. The van der Waals surface area contributed by atoms with E-state index in [1.807, 2.05) is 18.2 Å². The number of amides is 1. The molecule has 0 aliphatic carbocycles. The monoisotopic (exact) mass is 371 g/mol. The van der Waals surface area contributed by atoms with Crippen molar-refractivity contribution in [1.29, 1.82) is 5.26 Å². The zero-order valence-corrected chi connectivity index (χ0v) is 14.7. The van der Waals surface area contributed by atoms with E-state index in [9.17, 15) is 13.6 Å². The number of halogens is 2. The second-order valence-electron chi connectivity index (χ2n) is 6.16. The van der Waals surface area contributed by atoms with Gasteiger partial charge in [0.1, 0.15) is 11.5 Å². The molecule has 1 fully saturated rings. The number of rotatable bonds is 5. The van der Waals surface area contributed by atoms with Crippen molar-refractivity contribution in [2.75, 3.05) is 42.9 Å². The molecule has 140 valence electrons. The maximum atomic E-state index is 13.8. The Kier molecular flexibility index (Phi) is 5.81. The van der Waals surface area contributed by atoms with Crippen LogP contribution in [0.1, 0.15) is 12.0 Å². The van der Waals surface area contributed by atoms with Crippen molar-refractivity contribution in [2.24, 2.45) is 0 Å². The van der Waals surface area contributed by atoms with E-state index < -0.39 is 11.6 Å². The van der Waals surface area contributed by atoms with Gasteiger partial charge in [0, 0.05) is 45.3 Å². The van der Waals surface area contributed by atoms with E-state index in [4.69, 9.17) is 5.26 Å². The third-order valence-electron chi connectivity index (χ3n) is 4.42. The van der Waals surface area contributed by atoms with Crippen molar-refractivity contribution in [3.63, 3.8) is 0 Å². The predicted octanol–water partition coefficient (Wildman–Crippen LogP) is 2.38. The number of piperazine rings is 1. The number of hydrogen-bond acceptors (Lipinski definition) is 5. The number of aromatic nitrogens is 1. The highest BCUT2D eigenvalue weighted by Gasteiger charge is 2.21. The Balaban J connectivity index is 1.48. The molecule has 1 saturated heterocycles. The number of benzene rings is 1. The summed E-state index contributed by atoms with van der Waals surface area (Å²) in [6.07, 6.45) is 1.86. The van der Waals surface area contributed by atoms with E-state index >= 15 is 0 Å². The van der Waals surface area contributed by atoms with Gasteiger partial charge in [0.05, 0.1) is 11.6 Å². The summed E-state index contributed by atoms with van der Waals surface area (Å²) in [4.78, 5) is 20.5. The number of nitriles is 1. The Morgan fingerprint density at radius 3 is 2.48 bits per heavy atom. The molecule has 2 aromatic rings. The quantitative estimate of drug-likeness (QED) is 0.874. The molecule has 1 aliphatic heterocycles. The summed E-state index contributed by atoms with van der Waals surface area (Å²) >= 11 is 0. The van der Waals surface area contributed by atoms with Crippen LogP contribution in [0.3, 0.4) is 0 Å². The van der Waals surface area contributed by atoms with Crippen LogP contribution in [0.2, 0.25) is 0 Å². The van der Waals surface area contributed by atoms with Gasteiger partial charge in [0.2, 0.25) is 5.91 Å². The molecule has 1 N–H and O–H groups in total. The fourth-order valence-electron chi connectivity index (χ4n) is 2.98. The average Bonchev–Trinajstić information content (AvgIpc) is 2.70. The van der Waals surface area contributed by atoms with Gasteiger partial charge >= 0.3 is 0 Å². The second-order valence-corrected chi connectivity index (χ2v) is 6.16. The summed E-state index contributed by atoms with van der Waals surface area (Å²) in [7, 11) is 0. The van der Waals surface area contributed by atoms with Crippen LogP contribution in [0.15, 0.2) is 36.5 Å². The molecule has 0 spiro atoms. The van der Waals surface area contributed by atoms with Gasteiger partial charge in [-0.05, 0) is 24.3 Å². The molecule has 6 nitrogen and oxygen atoms in total. The summed E-state index contributed by atoms with van der Waals surface area (Å²) in [5.41, 5.74) is -0.404. The first-order chi connectivity index (χ1) is 13.1. The van der Waals surface area contributed by atoms with Crippen molar-refractivity contribution in [3.05, 3.63) is 53.7 Å². The molecule has 0 unspecified atom stereocenters. The molecule has 0 bridgehead atoms. The van der Waals surface area contributed by atoms with E-state index in [0.717, 1.165) is 18.0 Å². The van der Waals surface area contributed by atoms with E-state index in [1.54, 1.807) is 17.2 Å². The predicted molar refractivity (Wildman–Crippen MR) is 97.2 cm³/mol. The lowest BCUT2D eigenvalue weighted by Gasteiger charge is -2.35. The zero-order valence-electron chi connectivity index (χ0n) is 14.7. The highest BCUT2D eigenvalue weighted by Crippen LogP contribution is 2.20. The maximum Gasteiger partial charge on any atom is 0.224 e. The van der Waals surface area contributed by atoms with Gasteiger partial charge < -0.3 is 15.1 Å². The van der Waals surface area contributed by atoms with Gasteiger partial charge in [0.25, 0.3) is 0 Å². The number of pyridine rings is 1. The first-order valence-corrected chi connectivity index (χ1v) is 8.65. The molecule has 1 aromatic heterocycles. The lowest BCUT2D eigenvalue weighted by Crippen LogP contribution is -2.49. The molecule has 27 heavy (non-hydrogen) atoms. The SMILES string of the molecule is N#Cc1cc(F)c(NCCC(=O)N2CCN(c3ccccn3)CC2)c(F)c1. The number of nitrogens with zero attached hydrogens (tertiary/aromatic N) is 4. The summed E-state index contributed by atoms with van der Waals surface area (Å²) in [5, 5.41) is 11.3. The first-order valence-electron chi connectivity index (χ1n) is 8.65. The van der Waals surface area contributed by atoms with Crippen LogP contribution in [-0.4, -0.2) is 48.5 Å². The lowest BCUT2D eigenvalue weighted by atomic mass is 10.2. The molecule has 8 heteroatoms. The van der Waals surface area contributed by atoms with Gasteiger partial charge in [-0.15, -0.1) is 0 Å². The molecule has 3 rings (SSSR count). The molecular weight excluding hydrogens is 352 g/mol. The van der Waals surface area contributed by atoms with Crippen molar-refractivity contribution < 1.29 is 13.6 Å². The average molecular weight is 371 g/mol. The largest absolute Gasteiger partial charge is 0.380 e. The van der Waals surface area contributed by atoms with E-state index in [-0.39, 0.29) is 30.1 Å². The zero-order chi connectivity index (χ0) is 19.2. The highest BCUT2D eigenvalue weighted by atomic mass is 19.1. The minimum absolute atomic E-state index is 0.0716. The third-order valence-corrected chi connectivity index (χ3v) is 4.42. The molecule has 1 aliphatic rings. The molecular formula is C19H19F2N5O. The van der Waals surface area contributed by atoms with E-state index in [2.05, 4.69) is 15.2 Å². The molecule has 2 heterocycles. The smallest absolute Gasteiger partial charge is 0.224 e. The van der Waals surface area contributed by atoms with Crippen LogP contribution in [0.4, 0.5) is 20.3 Å². The van der Waals surface area contributed by atoms with Gasteiger partial charge in [-0.2, -0.15) is 5.26 Å². The lowest BCUT2D eigenvalue weighted by molar-refractivity contribution is -0.131. The Labute approximate surface area is 156 Å². The van der Waals surface area contributed by atoms with Gasteiger partial charge in [-0.1, -0.05) is 6.07 Å². The number of hydrogen-bond donors (Lipinski definition) is 1. The Hall–Kier alpha value is -3.21. The highest BCUT2D eigenvalue weighted by molar-refractivity contribution is 5.77. The Morgan fingerprint density at radius 1 is 1.19 bits per heavy atom. The maximum absolute atomic E-state index is 13.8. The standard InChI is InChI=1S/C19H19F2N5O/c20-15-11-14(13-22)12-16(21)19(15)24-6-4-18(27)26-9-7-25(8-10-26)17-3-1-2-5-23-17/h1-3,5,11-12,24H,4,6-10H2. The van der Waals surface area contributed by atoms with Gasteiger partial charge in [0.15, 0.2) is 11.6 Å². The van der Waals surface area contributed by atoms with Crippen LogP contribution in [-0.2, 0) is 4.79 Å². The molecule has 0 radical (unpaired) electrons. The van der Waals surface area contributed by atoms with Gasteiger partial charge in [-0.3, -0.25) is 4.79 Å². The third kappa shape index (κ3) is 4.50. The minimum Gasteiger partial charge on any atom is -0.380 e. The molecule has 0 atom stereocenters. The van der Waals surface area contributed by atoms with E-state index in [1.165, 1.54) is 0 Å². The molecule has 1 aromatic carbocycles. The van der Waals surface area contributed by atoms with Crippen LogP contribution in [0.25, 0.3) is 0 Å². The normalized spacial score (nSPS) is 14.0. The summed E-state index contributed by atoms with van der Waals surface area (Å²) < 4.78 is 27.6. The fraction of sp³-hybridized carbons (Fsp3) is 0.316. The number of carbonyl (C=O) groups excluding carboxylic acids is 1. The van der Waals surface area contributed by atoms with Crippen LogP contribution in [0.5, 0.6) is 0 Å².